The molecule has 0 amide bonds. The van der Waals surface area contributed by atoms with Gasteiger partial charge in [0.15, 0.2) is 12.6 Å². The zero-order valence-electron chi connectivity index (χ0n) is 12.1. The van der Waals surface area contributed by atoms with E-state index in [1.807, 2.05) is 0 Å². The lowest BCUT2D eigenvalue weighted by molar-refractivity contribution is -0.352. The Kier molecular flexibility index (Phi) is 6.27. The minimum absolute atomic E-state index is 0.594. The number of rotatable bonds is 4. The van der Waals surface area contributed by atoms with Gasteiger partial charge in [-0.15, -0.1) is 0 Å². The summed E-state index contributed by atoms with van der Waals surface area (Å²) in [5, 5.41) is 67.4. The Balaban J connectivity index is 2.08. The molecule has 2 fully saturated rings. The molecular formula is C12H23NO10. The smallest absolute Gasteiger partial charge is 0.186 e. The van der Waals surface area contributed by atoms with Crippen LogP contribution in [-0.2, 0) is 14.2 Å². The van der Waals surface area contributed by atoms with Gasteiger partial charge >= 0.3 is 0 Å². The van der Waals surface area contributed by atoms with Crippen LogP contribution in [0.5, 0.6) is 0 Å². The summed E-state index contributed by atoms with van der Waals surface area (Å²) in [6.07, 6.45) is -13.1. The summed E-state index contributed by atoms with van der Waals surface area (Å²) < 4.78 is 15.3. The fourth-order valence-corrected chi connectivity index (χ4v) is 2.60. The van der Waals surface area contributed by atoms with Crippen LogP contribution in [0.15, 0.2) is 0 Å². The Hall–Kier alpha value is -0.440. The highest BCUT2D eigenvalue weighted by Gasteiger charge is 2.49. The molecule has 136 valence electrons. The summed E-state index contributed by atoms with van der Waals surface area (Å²) in [6, 6.07) is -1.19. The van der Waals surface area contributed by atoms with E-state index in [0.29, 0.717) is 0 Å². The maximum atomic E-state index is 9.97. The van der Waals surface area contributed by atoms with Gasteiger partial charge in [0.1, 0.15) is 42.7 Å². The van der Waals surface area contributed by atoms with Crippen molar-refractivity contribution in [2.45, 2.75) is 61.3 Å². The molecular weight excluding hydrogens is 318 g/mol. The fourth-order valence-electron chi connectivity index (χ4n) is 2.60. The Morgan fingerprint density at radius 1 is 0.783 bits per heavy atom. The van der Waals surface area contributed by atoms with E-state index in [1.54, 1.807) is 0 Å². The minimum atomic E-state index is -1.71. The average molecular weight is 341 g/mol. The Labute approximate surface area is 131 Å². The zero-order chi connectivity index (χ0) is 17.3. The molecule has 2 rings (SSSR count). The van der Waals surface area contributed by atoms with Gasteiger partial charge in [0.2, 0.25) is 0 Å². The van der Waals surface area contributed by atoms with Gasteiger partial charge in [-0.05, 0) is 0 Å². The highest BCUT2D eigenvalue weighted by molar-refractivity contribution is 4.94. The standard InChI is InChI=1S/C12H23NO10/c13-5-6(16)3(1-14)22-12(8(5)18)23-10-9(19)7(17)4(2-15)21-11(10)20/h3-12,14-20H,1-2,13H2/t3-,4-,5+,6-,7-,8-,9+,10-,11+,12-/m1/s1. The second-order valence-electron chi connectivity index (χ2n) is 5.61. The van der Waals surface area contributed by atoms with Crippen LogP contribution < -0.4 is 5.73 Å². The summed E-state index contributed by atoms with van der Waals surface area (Å²) in [6.45, 7) is -1.23. The second-order valence-corrected chi connectivity index (χ2v) is 5.61. The van der Waals surface area contributed by atoms with Crippen LogP contribution in [0.4, 0.5) is 0 Å². The summed E-state index contributed by atoms with van der Waals surface area (Å²) in [5.74, 6) is 0. The molecule has 2 aliphatic rings. The zero-order valence-corrected chi connectivity index (χ0v) is 12.1. The van der Waals surface area contributed by atoms with Crippen LogP contribution in [0, 0.1) is 0 Å². The van der Waals surface area contributed by atoms with Crippen molar-refractivity contribution in [1.29, 1.82) is 0 Å². The van der Waals surface area contributed by atoms with E-state index in [4.69, 9.17) is 30.2 Å². The molecule has 23 heavy (non-hydrogen) atoms. The van der Waals surface area contributed by atoms with Gasteiger partial charge < -0.3 is 55.7 Å². The maximum absolute atomic E-state index is 9.97. The number of aliphatic hydroxyl groups is 7. The van der Waals surface area contributed by atoms with Crippen LogP contribution in [0.2, 0.25) is 0 Å². The Morgan fingerprint density at radius 2 is 1.35 bits per heavy atom. The predicted octanol–water partition coefficient (Wildman–Crippen LogP) is -5.43. The van der Waals surface area contributed by atoms with Crippen molar-refractivity contribution in [2.24, 2.45) is 5.73 Å². The second kappa shape index (κ2) is 7.63. The molecule has 0 unspecified atom stereocenters. The molecule has 2 heterocycles. The van der Waals surface area contributed by atoms with Gasteiger partial charge in [0, 0.05) is 0 Å². The van der Waals surface area contributed by atoms with E-state index in [-0.39, 0.29) is 0 Å². The van der Waals surface area contributed by atoms with E-state index in [9.17, 15) is 25.5 Å². The molecule has 0 spiro atoms. The van der Waals surface area contributed by atoms with Gasteiger partial charge in [-0.25, -0.2) is 0 Å². The number of nitrogens with two attached hydrogens (primary N) is 1. The van der Waals surface area contributed by atoms with Gasteiger partial charge in [0.25, 0.3) is 0 Å². The van der Waals surface area contributed by atoms with Crippen molar-refractivity contribution in [1.82, 2.24) is 0 Å². The van der Waals surface area contributed by atoms with Crippen molar-refractivity contribution < 1.29 is 50.0 Å². The van der Waals surface area contributed by atoms with Crippen LogP contribution in [0.25, 0.3) is 0 Å². The average Bonchev–Trinajstić information content (AvgIpc) is 2.54. The van der Waals surface area contributed by atoms with Crippen LogP contribution in [0.1, 0.15) is 0 Å². The predicted molar refractivity (Wildman–Crippen MR) is 70.6 cm³/mol. The van der Waals surface area contributed by atoms with Crippen LogP contribution >= 0.6 is 0 Å². The van der Waals surface area contributed by atoms with E-state index < -0.39 is 74.6 Å². The Morgan fingerprint density at radius 3 is 1.91 bits per heavy atom. The highest BCUT2D eigenvalue weighted by Crippen LogP contribution is 2.27. The first-order valence-electron chi connectivity index (χ1n) is 7.15. The summed E-state index contributed by atoms with van der Waals surface area (Å²) in [7, 11) is 0. The van der Waals surface area contributed by atoms with Crippen LogP contribution in [0.3, 0.4) is 0 Å². The number of hydrogen-bond acceptors (Lipinski definition) is 11. The van der Waals surface area contributed by atoms with Gasteiger partial charge in [0.05, 0.1) is 19.3 Å². The third-order valence-electron chi connectivity index (χ3n) is 4.07. The lowest BCUT2D eigenvalue weighted by atomic mass is 9.96. The number of ether oxygens (including phenoxy) is 3. The summed E-state index contributed by atoms with van der Waals surface area (Å²) in [4.78, 5) is 0. The number of hydrogen-bond donors (Lipinski definition) is 8. The molecule has 0 bridgehead atoms. The molecule has 10 atom stereocenters. The lowest BCUT2D eigenvalue weighted by Crippen LogP contribution is -2.66. The highest BCUT2D eigenvalue weighted by atomic mass is 16.7. The SMILES string of the molecule is N[C@@H]1[C@@H](O)[C@@H](O[C@@H]2[C@@H](O)[C@H](O)[C@@H](CO)O[C@@H]2O)O[C@H](CO)[C@H]1O. The molecule has 2 aliphatic heterocycles. The van der Waals surface area contributed by atoms with E-state index in [0.717, 1.165) is 0 Å². The molecule has 0 saturated carbocycles. The number of aliphatic hydroxyl groups excluding tert-OH is 7. The van der Waals surface area contributed by atoms with Crippen molar-refractivity contribution in [3.63, 3.8) is 0 Å². The molecule has 11 heteroatoms. The van der Waals surface area contributed by atoms with Crippen molar-refractivity contribution in [3.8, 4) is 0 Å². The molecule has 0 aliphatic carbocycles. The Bertz CT molecular complexity index is 385. The summed E-state index contributed by atoms with van der Waals surface area (Å²) >= 11 is 0. The van der Waals surface area contributed by atoms with Gasteiger partial charge in [-0.1, -0.05) is 0 Å². The van der Waals surface area contributed by atoms with Crippen molar-refractivity contribution >= 4 is 0 Å². The molecule has 0 aromatic heterocycles. The monoisotopic (exact) mass is 341 g/mol. The van der Waals surface area contributed by atoms with E-state index >= 15 is 0 Å². The van der Waals surface area contributed by atoms with E-state index in [1.165, 1.54) is 0 Å². The lowest BCUT2D eigenvalue weighted by Gasteiger charge is -2.45. The molecule has 0 aromatic rings. The third-order valence-corrected chi connectivity index (χ3v) is 4.07. The first-order valence-corrected chi connectivity index (χ1v) is 7.15. The maximum Gasteiger partial charge on any atom is 0.186 e. The minimum Gasteiger partial charge on any atom is -0.394 e. The summed E-state index contributed by atoms with van der Waals surface area (Å²) in [5.41, 5.74) is 5.61. The quantitative estimate of drug-likeness (QED) is 0.243. The fraction of sp³-hybridized carbons (Fsp3) is 1.00. The van der Waals surface area contributed by atoms with E-state index in [2.05, 4.69) is 0 Å². The normalized spacial score (nSPS) is 51.7. The molecule has 0 radical (unpaired) electrons. The molecule has 9 N–H and O–H groups in total. The first-order chi connectivity index (χ1) is 10.8. The van der Waals surface area contributed by atoms with Crippen LogP contribution in [-0.4, -0.2) is 110 Å². The molecule has 2 saturated heterocycles. The largest absolute Gasteiger partial charge is 0.394 e. The van der Waals surface area contributed by atoms with Gasteiger partial charge in [-0.3, -0.25) is 0 Å². The van der Waals surface area contributed by atoms with Gasteiger partial charge in [-0.2, -0.15) is 0 Å². The molecule has 0 aromatic carbocycles. The molecule has 11 nitrogen and oxygen atoms in total. The van der Waals surface area contributed by atoms with Crippen molar-refractivity contribution in [3.05, 3.63) is 0 Å². The third kappa shape index (κ3) is 3.65. The van der Waals surface area contributed by atoms with Crippen molar-refractivity contribution in [2.75, 3.05) is 13.2 Å². The first kappa shape index (κ1) is 18.9. The topological polar surface area (TPSA) is 195 Å².